The first-order chi connectivity index (χ1) is 5.74. The molecule has 5 heteroatoms. The zero-order valence-electron chi connectivity index (χ0n) is 7.04. The zero-order valence-corrected chi connectivity index (χ0v) is 7.04. The quantitative estimate of drug-likeness (QED) is 0.509. The number of hydrazine groups is 1. The van der Waals surface area contributed by atoms with E-state index in [1.165, 1.54) is 11.1 Å². The van der Waals surface area contributed by atoms with Crippen LogP contribution in [0.25, 0.3) is 0 Å². The van der Waals surface area contributed by atoms with E-state index in [1.807, 2.05) is 0 Å². The fourth-order valence-electron chi connectivity index (χ4n) is 0.864. The summed E-state index contributed by atoms with van der Waals surface area (Å²) in [6, 6.07) is 1.33. The van der Waals surface area contributed by atoms with Crippen molar-refractivity contribution in [2.45, 2.75) is 19.8 Å². The highest BCUT2D eigenvalue weighted by Gasteiger charge is 2.03. The summed E-state index contributed by atoms with van der Waals surface area (Å²) in [5.74, 6) is 6.12. The molecule has 3 N–H and O–H groups in total. The first-order valence-electron chi connectivity index (χ1n) is 3.94. The molecule has 0 bridgehead atoms. The van der Waals surface area contributed by atoms with Crippen LogP contribution in [0.5, 0.6) is 0 Å². The topological polar surface area (TPSA) is 75.3 Å². The maximum atomic E-state index is 10.6. The van der Waals surface area contributed by atoms with E-state index >= 15 is 0 Å². The third-order valence-corrected chi connectivity index (χ3v) is 1.57. The number of anilines is 1. The minimum Gasteiger partial charge on any atom is -0.337 e. The zero-order chi connectivity index (χ0) is 8.97. The van der Waals surface area contributed by atoms with Crippen LogP contribution in [-0.4, -0.2) is 11.7 Å². The van der Waals surface area contributed by atoms with Crippen molar-refractivity contribution in [3.8, 4) is 0 Å². The molecule has 0 aromatic carbocycles. The van der Waals surface area contributed by atoms with Gasteiger partial charge in [0.1, 0.15) is 0 Å². The SMILES string of the molecule is CCCCN(N)c1cc(=O)o[nH]1. The molecule has 0 atom stereocenters. The Bertz CT molecular complexity index is 278. The van der Waals surface area contributed by atoms with Gasteiger partial charge in [0.05, 0.1) is 6.07 Å². The number of nitrogens with one attached hydrogen (secondary N) is 1. The molecule has 0 aliphatic heterocycles. The van der Waals surface area contributed by atoms with Crippen molar-refractivity contribution in [3.63, 3.8) is 0 Å². The van der Waals surface area contributed by atoms with Crippen molar-refractivity contribution in [1.82, 2.24) is 5.16 Å². The van der Waals surface area contributed by atoms with Gasteiger partial charge in [-0.25, -0.2) is 15.8 Å². The van der Waals surface area contributed by atoms with Crippen LogP contribution < -0.4 is 16.5 Å². The summed E-state index contributed by atoms with van der Waals surface area (Å²) in [5, 5.41) is 3.89. The van der Waals surface area contributed by atoms with Gasteiger partial charge >= 0.3 is 5.63 Å². The smallest absolute Gasteiger partial charge is 0.337 e. The second kappa shape index (κ2) is 3.96. The molecule has 1 heterocycles. The van der Waals surface area contributed by atoms with Gasteiger partial charge in [0.15, 0.2) is 5.82 Å². The summed E-state index contributed by atoms with van der Waals surface area (Å²) in [7, 11) is 0. The number of hydrogen-bond acceptors (Lipinski definition) is 4. The van der Waals surface area contributed by atoms with Crippen LogP contribution in [0.1, 0.15) is 19.8 Å². The molecule has 68 valence electrons. The summed E-state index contributed by atoms with van der Waals surface area (Å²) in [6.07, 6.45) is 2.06. The first-order valence-corrected chi connectivity index (χ1v) is 3.94. The fourth-order valence-corrected chi connectivity index (χ4v) is 0.864. The highest BCUT2D eigenvalue weighted by Crippen LogP contribution is 2.03. The van der Waals surface area contributed by atoms with Crippen molar-refractivity contribution in [2.75, 3.05) is 11.6 Å². The highest BCUT2D eigenvalue weighted by molar-refractivity contribution is 5.32. The summed E-state index contributed by atoms with van der Waals surface area (Å²) >= 11 is 0. The van der Waals surface area contributed by atoms with Gasteiger partial charge in [-0.2, -0.15) is 0 Å². The van der Waals surface area contributed by atoms with E-state index < -0.39 is 5.63 Å². The van der Waals surface area contributed by atoms with Crippen molar-refractivity contribution < 1.29 is 4.52 Å². The Labute approximate surface area is 70.1 Å². The molecule has 0 aliphatic carbocycles. The molecule has 1 aromatic heterocycles. The Hall–Kier alpha value is -1.23. The van der Waals surface area contributed by atoms with Gasteiger partial charge in [0, 0.05) is 6.54 Å². The van der Waals surface area contributed by atoms with Crippen molar-refractivity contribution >= 4 is 5.82 Å². The van der Waals surface area contributed by atoms with Crippen molar-refractivity contribution in [1.29, 1.82) is 0 Å². The van der Waals surface area contributed by atoms with Crippen molar-refractivity contribution in [3.05, 3.63) is 16.5 Å². The summed E-state index contributed by atoms with van der Waals surface area (Å²) in [4.78, 5) is 10.6. The molecule has 0 radical (unpaired) electrons. The predicted molar refractivity (Wildman–Crippen MR) is 45.8 cm³/mol. The second-order valence-electron chi connectivity index (χ2n) is 2.60. The van der Waals surface area contributed by atoms with E-state index in [4.69, 9.17) is 5.84 Å². The number of H-pyrrole nitrogens is 1. The predicted octanol–water partition coefficient (Wildman–Crippen LogP) is 0.448. The first kappa shape index (κ1) is 8.86. The molecule has 0 spiro atoms. The van der Waals surface area contributed by atoms with Crippen LogP contribution in [0, 0.1) is 0 Å². The normalized spacial score (nSPS) is 10.2. The number of unbranched alkanes of at least 4 members (excludes halogenated alkanes) is 1. The van der Waals surface area contributed by atoms with E-state index in [-0.39, 0.29) is 0 Å². The molecular weight excluding hydrogens is 158 g/mol. The average molecular weight is 171 g/mol. The summed E-state index contributed by atoms with van der Waals surface area (Å²) in [6.45, 7) is 2.79. The number of aromatic amines is 1. The van der Waals surface area contributed by atoms with Crippen LogP contribution in [0.15, 0.2) is 15.4 Å². The Kier molecular flexibility index (Phi) is 2.93. The Morgan fingerprint density at radius 1 is 1.75 bits per heavy atom. The Balaban J connectivity index is 2.53. The lowest BCUT2D eigenvalue weighted by Crippen LogP contribution is -2.32. The molecular formula is C7H13N3O2. The molecule has 0 saturated heterocycles. The van der Waals surface area contributed by atoms with Crippen LogP contribution in [0.4, 0.5) is 5.82 Å². The average Bonchev–Trinajstić information content (AvgIpc) is 2.47. The van der Waals surface area contributed by atoms with Crippen LogP contribution in [0.2, 0.25) is 0 Å². The number of nitrogens with zero attached hydrogens (tertiary/aromatic N) is 1. The lowest BCUT2D eigenvalue weighted by Gasteiger charge is -2.13. The van der Waals surface area contributed by atoms with E-state index in [9.17, 15) is 4.79 Å². The lowest BCUT2D eigenvalue weighted by atomic mass is 10.3. The monoisotopic (exact) mass is 171 g/mol. The minimum absolute atomic E-state index is 0.406. The molecule has 0 fully saturated rings. The number of hydrogen-bond donors (Lipinski definition) is 2. The lowest BCUT2D eigenvalue weighted by molar-refractivity contribution is 0.391. The summed E-state index contributed by atoms with van der Waals surface area (Å²) in [5.41, 5.74) is -0.406. The van der Waals surface area contributed by atoms with E-state index in [0.717, 1.165) is 12.8 Å². The molecule has 1 rings (SSSR count). The second-order valence-corrected chi connectivity index (χ2v) is 2.60. The molecule has 0 aliphatic rings. The van der Waals surface area contributed by atoms with Gasteiger partial charge in [-0.05, 0) is 6.42 Å². The Morgan fingerprint density at radius 3 is 3.00 bits per heavy atom. The van der Waals surface area contributed by atoms with Crippen molar-refractivity contribution in [2.24, 2.45) is 5.84 Å². The van der Waals surface area contributed by atoms with E-state index in [1.54, 1.807) is 0 Å². The molecule has 0 amide bonds. The maximum absolute atomic E-state index is 10.6. The minimum atomic E-state index is -0.406. The highest BCUT2D eigenvalue weighted by atomic mass is 16.5. The largest absolute Gasteiger partial charge is 0.359 e. The third kappa shape index (κ3) is 2.13. The van der Waals surface area contributed by atoms with Gasteiger partial charge in [-0.1, -0.05) is 13.3 Å². The van der Waals surface area contributed by atoms with E-state index in [0.29, 0.717) is 12.4 Å². The number of aromatic nitrogens is 1. The van der Waals surface area contributed by atoms with Gasteiger partial charge in [-0.3, -0.25) is 5.01 Å². The number of rotatable bonds is 4. The number of nitrogens with two attached hydrogens (primary N) is 1. The van der Waals surface area contributed by atoms with E-state index in [2.05, 4.69) is 16.6 Å². The maximum Gasteiger partial charge on any atom is 0.359 e. The van der Waals surface area contributed by atoms with Gasteiger partial charge in [0.25, 0.3) is 0 Å². The van der Waals surface area contributed by atoms with Crippen LogP contribution in [-0.2, 0) is 0 Å². The van der Waals surface area contributed by atoms with Crippen LogP contribution >= 0.6 is 0 Å². The third-order valence-electron chi connectivity index (χ3n) is 1.57. The molecule has 0 saturated carbocycles. The van der Waals surface area contributed by atoms with Gasteiger partial charge in [-0.15, -0.1) is 0 Å². The fraction of sp³-hybridized carbons (Fsp3) is 0.571. The van der Waals surface area contributed by atoms with Gasteiger partial charge < -0.3 is 4.52 Å². The summed E-state index contributed by atoms with van der Waals surface area (Å²) < 4.78 is 4.46. The Morgan fingerprint density at radius 2 is 2.50 bits per heavy atom. The molecule has 1 aromatic rings. The van der Waals surface area contributed by atoms with Crippen LogP contribution in [0.3, 0.4) is 0 Å². The molecule has 0 unspecified atom stereocenters. The standard InChI is InChI=1S/C7H13N3O2/c1-2-3-4-10(8)6-5-7(11)12-9-6/h5,9H,2-4,8H2,1H3. The molecule has 5 nitrogen and oxygen atoms in total. The molecule has 12 heavy (non-hydrogen) atoms. The van der Waals surface area contributed by atoms with Gasteiger partial charge in [0.2, 0.25) is 0 Å².